The summed E-state index contributed by atoms with van der Waals surface area (Å²) >= 11 is 0. The number of rotatable bonds is 5. The molecule has 8 heteroatoms. The number of imide groups is 1. The van der Waals surface area contributed by atoms with Crippen LogP contribution in [0.4, 0.5) is 9.18 Å². The summed E-state index contributed by atoms with van der Waals surface area (Å²) in [5.74, 6) is -1.62. The SMILES string of the molecule is O=C([O-])c1ccc(-c2ccc(C=C3NC(=O)N(Cc4ccccc4F)C3=O)o2)cc1. The zero-order valence-electron chi connectivity index (χ0n) is 15.4. The van der Waals surface area contributed by atoms with E-state index in [1.807, 2.05) is 0 Å². The maximum absolute atomic E-state index is 13.8. The molecule has 0 spiro atoms. The number of hydrogen-bond acceptors (Lipinski definition) is 5. The molecule has 150 valence electrons. The van der Waals surface area contributed by atoms with E-state index in [1.165, 1.54) is 36.4 Å². The molecular formula is C22H14FN2O5-. The number of nitrogens with one attached hydrogen (secondary N) is 1. The Morgan fingerprint density at radius 1 is 1.07 bits per heavy atom. The van der Waals surface area contributed by atoms with Gasteiger partial charge in [0.1, 0.15) is 23.0 Å². The number of carbonyl (C=O) groups is 3. The van der Waals surface area contributed by atoms with Crippen molar-refractivity contribution < 1.29 is 28.3 Å². The number of furan rings is 1. The number of carbonyl (C=O) groups excluding carboxylic acids is 3. The van der Waals surface area contributed by atoms with Crippen LogP contribution in [0.5, 0.6) is 0 Å². The van der Waals surface area contributed by atoms with Gasteiger partial charge >= 0.3 is 6.03 Å². The number of carboxylic acid groups (broad SMARTS) is 1. The van der Waals surface area contributed by atoms with Gasteiger partial charge in [-0.3, -0.25) is 9.69 Å². The number of hydrogen-bond donors (Lipinski definition) is 1. The Morgan fingerprint density at radius 2 is 1.80 bits per heavy atom. The summed E-state index contributed by atoms with van der Waals surface area (Å²) in [6, 6.07) is 14.4. The maximum atomic E-state index is 13.8. The molecular weight excluding hydrogens is 391 g/mol. The van der Waals surface area contributed by atoms with Gasteiger partial charge in [0.15, 0.2) is 0 Å². The second-order valence-corrected chi connectivity index (χ2v) is 6.54. The van der Waals surface area contributed by atoms with Gasteiger partial charge < -0.3 is 19.6 Å². The van der Waals surface area contributed by atoms with Gasteiger partial charge in [-0.2, -0.15) is 0 Å². The molecule has 1 aliphatic rings. The third kappa shape index (κ3) is 3.70. The molecule has 1 aromatic heterocycles. The van der Waals surface area contributed by atoms with Crippen LogP contribution in [0.3, 0.4) is 0 Å². The Morgan fingerprint density at radius 3 is 2.50 bits per heavy atom. The minimum absolute atomic E-state index is 0.00420. The van der Waals surface area contributed by atoms with E-state index in [2.05, 4.69) is 5.32 Å². The van der Waals surface area contributed by atoms with Crippen LogP contribution in [0.25, 0.3) is 17.4 Å². The van der Waals surface area contributed by atoms with Gasteiger partial charge in [0, 0.05) is 17.2 Å². The zero-order valence-corrected chi connectivity index (χ0v) is 15.4. The Balaban J connectivity index is 1.53. The second-order valence-electron chi connectivity index (χ2n) is 6.54. The topological polar surface area (TPSA) is 103 Å². The number of urea groups is 1. The molecule has 0 bridgehead atoms. The normalized spacial score (nSPS) is 15.0. The predicted octanol–water partition coefficient (Wildman–Crippen LogP) is 2.54. The lowest BCUT2D eigenvalue weighted by molar-refractivity contribution is -0.255. The summed E-state index contributed by atoms with van der Waals surface area (Å²) in [4.78, 5) is 36.5. The van der Waals surface area contributed by atoms with Crippen LogP contribution >= 0.6 is 0 Å². The smallest absolute Gasteiger partial charge is 0.329 e. The summed E-state index contributed by atoms with van der Waals surface area (Å²) in [6.07, 6.45) is 1.38. The van der Waals surface area contributed by atoms with Crippen molar-refractivity contribution in [3.63, 3.8) is 0 Å². The summed E-state index contributed by atoms with van der Waals surface area (Å²) < 4.78 is 19.5. The van der Waals surface area contributed by atoms with Crippen molar-refractivity contribution >= 4 is 24.0 Å². The highest BCUT2D eigenvalue weighted by Gasteiger charge is 2.34. The number of amides is 3. The molecule has 0 unspecified atom stereocenters. The molecule has 1 N–H and O–H groups in total. The molecule has 3 amide bonds. The first kappa shape index (κ1) is 19.1. The van der Waals surface area contributed by atoms with Gasteiger partial charge in [-0.25, -0.2) is 9.18 Å². The van der Waals surface area contributed by atoms with Crippen LogP contribution in [-0.4, -0.2) is 22.8 Å². The van der Waals surface area contributed by atoms with Crippen LogP contribution in [0.1, 0.15) is 21.7 Å². The van der Waals surface area contributed by atoms with E-state index in [0.29, 0.717) is 17.1 Å². The fourth-order valence-corrected chi connectivity index (χ4v) is 3.01. The van der Waals surface area contributed by atoms with Crippen molar-refractivity contribution in [2.45, 2.75) is 6.54 Å². The first-order chi connectivity index (χ1) is 14.4. The molecule has 2 aromatic carbocycles. The highest BCUT2D eigenvalue weighted by molar-refractivity contribution is 6.13. The Kier molecular flexibility index (Phi) is 4.89. The summed E-state index contributed by atoms with van der Waals surface area (Å²) in [5, 5.41) is 13.3. The number of halogens is 1. The molecule has 0 saturated carbocycles. The molecule has 0 atom stereocenters. The van der Waals surface area contributed by atoms with E-state index in [-0.39, 0.29) is 23.4 Å². The van der Waals surface area contributed by atoms with Crippen molar-refractivity contribution in [1.82, 2.24) is 10.2 Å². The van der Waals surface area contributed by atoms with Gasteiger partial charge in [-0.1, -0.05) is 42.5 Å². The minimum atomic E-state index is -1.28. The molecule has 30 heavy (non-hydrogen) atoms. The number of nitrogens with zero attached hydrogens (tertiary/aromatic N) is 1. The van der Waals surface area contributed by atoms with E-state index in [0.717, 1.165) is 4.90 Å². The van der Waals surface area contributed by atoms with Crippen molar-refractivity contribution in [1.29, 1.82) is 0 Å². The van der Waals surface area contributed by atoms with E-state index >= 15 is 0 Å². The van der Waals surface area contributed by atoms with Crippen LogP contribution in [0.15, 0.2) is 70.8 Å². The lowest BCUT2D eigenvalue weighted by Gasteiger charge is -2.12. The predicted molar refractivity (Wildman–Crippen MR) is 102 cm³/mol. The van der Waals surface area contributed by atoms with E-state index in [1.54, 1.807) is 30.3 Å². The van der Waals surface area contributed by atoms with Gasteiger partial charge in [0.05, 0.1) is 12.5 Å². The van der Waals surface area contributed by atoms with Crippen molar-refractivity contribution in [3.8, 4) is 11.3 Å². The van der Waals surface area contributed by atoms with Gasteiger partial charge in [-0.05, 0) is 23.8 Å². The quantitative estimate of drug-likeness (QED) is 0.519. The highest BCUT2D eigenvalue weighted by atomic mass is 19.1. The van der Waals surface area contributed by atoms with Crippen LogP contribution in [0, 0.1) is 5.82 Å². The maximum Gasteiger partial charge on any atom is 0.329 e. The fraction of sp³-hybridized carbons (Fsp3) is 0.0455. The molecule has 3 aromatic rings. The van der Waals surface area contributed by atoms with Gasteiger partial charge in [0.2, 0.25) is 0 Å². The first-order valence-electron chi connectivity index (χ1n) is 8.92. The molecule has 1 fully saturated rings. The average molecular weight is 405 g/mol. The van der Waals surface area contributed by atoms with Crippen LogP contribution in [-0.2, 0) is 11.3 Å². The molecule has 0 radical (unpaired) electrons. The monoisotopic (exact) mass is 405 g/mol. The highest BCUT2D eigenvalue weighted by Crippen LogP contribution is 2.25. The van der Waals surface area contributed by atoms with Gasteiger partial charge in [-0.15, -0.1) is 0 Å². The second kappa shape index (κ2) is 7.67. The number of aromatic carboxylic acids is 1. The third-order valence-corrected chi connectivity index (χ3v) is 4.57. The van der Waals surface area contributed by atoms with Crippen LogP contribution < -0.4 is 10.4 Å². The number of carboxylic acids is 1. The largest absolute Gasteiger partial charge is 0.545 e. The minimum Gasteiger partial charge on any atom is -0.545 e. The molecule has 2 heterocycles. The summed E-state index contributed by atoms with van der Waals surface area (Å²) in [5.41, 5.74) is 0.904. The van der Waals surface area contributed by atoms with Crippen LogP contribution in [0.2, 0.25) is 0 Å². The molecule has 0 aliphatic carbocycles. The molecule has 1 saturated heterocycles. The van der Waals surface area contributed by atoms with E-state index in [9.17, 15) is 23.9 Å². The van der Waals surface area contributed by atoms with Crippen molar-refractivity contribution in [2.24, 2.45) is 0 Å². The summed E-state index contributed by atoms with van der Waals surface area (Å²) in [6.45, 7) is -0.192. The zero-order chi connectivity index (χ0) is 21.3. The molecule has 7 nitrogen and oxygen atoms in total. The Hall–Kier alpha value is -4.20. The van der Waals surface area contributed by atoms with E-state index in [4.69, 9.17) is 4.42 Å². The number of benzene rings is 2. The molecule has 4 rings (SSSR count). The lowest BCUT2D eigenvalue weighted by Crippen LogP contribution is -2.30. The Labute approximate surface area is 170 Å². The lowest BCUT2D eigenvalue weighted by atomic mass is 10.1. The molecule has 1 aliphatic heterocycles. The fourth-order valence-electron chi connectivity index (χ4n) is 3.01. The summed E-state index contributed by atoms with van der Waals surface area (Å²) in [7, 11) is 0. The van der Waals surface area contributed by atoms with E-state index < -0.39 is 23.7 Å². The first-order valence-corrected chi connectivity index (χ1v) is 8.92. The Bertz CT molecular complexity index is 1180. The van der Waals surface area contributed by atoms with Crippen molar-refractivity contribution in [3.05, 3.63) is 89.1 Å². The van der Waals surface area contributed by atoms with Gasteiger partial charge in [0.25, 0.3) is 5.91 Å². The van der Waals surface area contributed by atoms with Crippen molar-refractivity contribution in [2.75, 3.05) is 0 Å². The standard InChI is InChI=1S/C22H15FN2O5/c23-17-4-2-1-3-15(17)12-25-20(26)18(24-22(25)29)11-16-9-10-19(30-16)13-5-7-14(8-6-13)21(27)28/h1-11H,12H2,(H,24,29)(H,27,28)/p-1. The third-order valence-electron chi connectivity index (χ3n) is 4.57. The average Bonchev–Trinajstić information content (AvgIpc) is 3.30.